The van der Waals surface area contributed by atoms with Crippen molar-refractivity contribution >= 4 is 35.8 Å². The van der Waals surface area contributed by atoms with Crippen molar-refractivity contribution in [2.45, 2.75) is 43.8 Å². The summed E-state index contributed by atoms with van der Waals surface area (Å²) in [7, 11) is 0. The summed E-state index contributed by atoms with van der Waals surface area (Å²) < 4.78 is 5.41. The minimum Gasteiger partial charge on any atom is -0.508 e. The molecule has 47 heavy (non-hydrogen) atoms. The maximum atomic E-state index is 12.9. The van der Waals surface area contributed by atoms with Crippen LogP contribution in [0.1, 0.15) is 36.0 Å². The van der Waals surface area contributed by atoms with E-state index < -0.39 is 66.8 Å². The van der Waals surface area contributed by atoms with Crippen LogP contribution in [0, 0.1) is 0 Å². The Labute approximate surface area is 269 Å². The van der Waals surface area contributed by atoms with Crippen LogP contribution in [-0.4, -0.2) is 82.4 Å². The highest BCUT2D eigenvalue weighted by Gasteiger charge is 2.31. The fraction of sp³-hybridized carbons (Fsp3) is 0.273. The molecule has 4 amide bonds. The second-order valence-electron chi connectivity index (χ2n) is 10.9. The van der Waals surface area contributed by atoms with Gasteiger partial charge in [0.15, 0.2) is 0 Å². The lowest BCUT2D eigenvalue weighted by atomic mass is 9.98. The smallest absolute Gasteiger partial charge is 0.407 e. The number of carboxylic acids is 2. The van der Waals surface area contributed by atoms with E-state index in [2.05, 4.69) is 21.3 Å². The van der Waals surface area contributed by atoms with E-state index in [1.807, 2.05) is 48.5 Å². The van der Waals surface area contributed by atoms with Crippen LogP contribution >= 0.6 is 0 Å². The molecular formula is C33H34N4O10. The molecule has 4 rings (SSSR count). The van der Waals surface area contributed by atoms with Crippen molar-refractivity contribution in [2.24, 2.45) is 0 Å². The molecule has 0 radical (unpaired) electrons. The average molecular weight is 647 g/mol. The summed E-state index contributed by atoms with van der Waals surface area (Å²) in [5.41, 5.74) is 4.48. The third-order valence-corrected chi connectivity index (χ3v) is 7.51. The number of nitrogens with one attached hydrogen (secondary N) is 4. The zero-order valence-electron chi connectivity index (χ0n) is 25.3. The number of hydrogen-bond acceptors (Lipinski definition) is 8. The molecule has 0 heterocycles. The van der Waals surface area contributed by atoms with E-state index in [-0.39, 0.29) is 24.7 Å². The van der Waals surface area contributed by atoms with E-state index in [0.717, 1.165) is 22.3 Å². The van der Waals surface area contributed by atoms with E-state index in [4.69, 9.17) is 9.84 Å². The lowest BCUT2D eigenvalue weighted by Crippen LogP contribution is -2.54. The third kappa shape index (κ3) is 9.06. The van der Waals surface area contributed by atoms with E-state index in [1.54, 1.807) is 0 Å². The van der Waals surface area contributed by atoms with Gasteiger partial charge in [-0.1, -0.05) is 60.7 Å². The molecule has 14 heteroatoms. The molecule has 246 valence electrons. The first-order valence-electron chi connectivity index (χ1n) is 14.6. The Morgan fingerprint density at radius 2 is 1.36 bits per heavy atom. The van der Waals surface area contributed by atoms with E-state index in [1.165, 1.54) is 31.2 Å². The fourth-order valence-corrected chi connectivity index (χ4v) is 5.15. The van der Waals surface area contributed by atoms with Crippen molar-refractivity contribution in [1.82, 2.24) is 21.3 Å². The zero-order valence-corrected chi connectivity index (χ0v) is 25.3. The number of fused-ring (bicyclic) bond motifs is 3. The molecule has 7 N–H and O–H groups in total. The lowest BCUT2D eigenvalue weighted by molar-refractivity contribution is -0.141. The first-order valence-corrected chi connectivity index (χ1v) is 14.6. The molecule has 14 nitrogen and oxygen atoms in total. The molecule has 1 aliphatic rings. The van der Waals surface area contributed by atoms with Gasteiger partial charge in [-0.25, -0.2) is 4.79 Å². The maximum absolute atomic E-state index is 12.9. The summed E-state index contributed by atoms with van der Waals surface area (Å²) in [6.45, 7) is 0.468. The second kappa shape index (κ2) is 15.4. The molecule has 3 aromatic rings. The van der Waals surface area contributed by atoms with Gasteiger partial charge in [0.25, 0.3) is 0 Å². The normalized spacial score (nSPS) is 13.6. The van der Waals surface area contributed by atoms with Gasteiger partial charge in [0.1, 0.15) is 30.5 Å². The molecule has 0 unspecified atom stereocenters. The molecule has 0 aromatic heterocycles. The van der Waals surface area contributed by atoms with Crippen LogP contribution in [0.3, 0.4) is 0 Å². The van der Waals surface area contributed by atoms with Gasteiger partial charge in [-0.3, -0.25) is 24.0 Å². The number of phenols is 1. The van der Waals surface area contributed by atoms with Crippen LogP contribution in [0.25, 0.3) is 11.1 Å². The molecule has 0 aliphatic heterocycles. The van der Waals surface area contributed by atoms with Crippen molar-refractivity contribution in [1.29, 1.82) is 0 Å². The van der Waals surface area contributed by atoms with Crippen LogP contribution in [0.4, 0.5) is 4.79 Å². The number of aliphatic carboxylic acids is 2. The molecule has 0 saturated carbocycles. The predicted octanol–water partition coefficient (Wildman–Crippen LogP) is 1.51. The Hall–Kier alpha value is -5.92. The van der Waals surface area contributed by atoms with Crippen molar-refractivity contribution in [3.63, 3.8) is 0 Å². The van der Waals surface area contributed by atoms with Crippen LogP contribution in [0.15, 0.2) is 72.8 Å². The lowest BCUT2D eigenvalue weighted by Gasteiger charge is -2.21. The number of carbonyl (C=O) groups excluding carboxylic acids is 4. The van der Waals surface area contributed by atoms with Crippen molar-refractivity contribution in [3.05, 3.63) is 89.5 Å². The second-order valence-corrected chi connectivity index (χ2v) is 10.9. The van der Waals surface area contributed by atoms with E-state index in [9.17, 15) is 39.0 Å². The van der Waals surface area contributed by atoms with Crippen molar-refractivity contribution in [2.75, 3.05) is 13.2 Å². The van der Waals surface area contributed by atoms with E-state index in [0.29, 0.717) is 5.56 Å². The van der Waals surface area contributed by atoms with Gasteiger partial charge in [0.05, 0.1) is 13.0 Å². The molecule has 1 aliphatic carbocycles. The monoisotopic (exact) mass is 646 g/mol. The molecule has 0 spiro atoms. The standard InChI is InChI=1S/C33H34N4O10/c1-18(32(44)45)35-31(43)26(14-19-10-12-20(38)13-11-19)36-28(39)16-34-30(42)27(15-29(40)41)37-33(46)47-17-25-23-8-4-2-6-21(23)22-7-3-5-9-24(22)25/h2-13,18,25-27,38H,14-17H2,1H3,(H,34,42)(H,35,43)(H,36,39)(H,37,46)(H,40,41)(H,44,45)/t18-,26-,27-/m0/s1. The van der Waals surface area contributed by atoms with Gasteiger partial charge < -0.3 is 41.3 Å². The topological polar surface area (TPSA) is 220 Å². The predicted molar refractivity (Wildman–Crippen MR) is 166 cm³/mol. The van der Waals surface area contributed by atoms with Gasteiger partial charge in [-0.15, -0.1) is 0 Å². The highest BCUT2D eigenvalue weighted by atomic mass is 16.5. The number of hydrogen-bond donors (Lipinski definition) is 7. The zero-order chi connectivity index (χ0) is 34.1. The number of aromatic hydroxyl groups is 1. The molecule has 0 saturated heterocycles. The van der Waals surface area contributed by atoms with Crippen LogP contribution in [0.5, 0.6) is 5.75 Å². The molecule has 3 atom stereocenters. The largest absolute Gasteiger partial charge is 0.508 e. The Balaban J connectivity index is 1.35. The summed E-state index contributed by atoms with van der Waals surface area (Å²) >= 11 is 0. The van der Waals surface area contributed by atoms with Gasteiger partial charge >= 0.3 is 18.0 Å². The molecule has 3 aromatic carbocycles. The Morgan fingerprint density at radius 1 is 0.766 bits per heavy atom. The number of benzene rings is 3. The van der Waals surface area contributed by atoms with E-state index >= 15 is 0 Å². The Bertz CT molecular complexity index is 1610. The fourth-order valence-electron chi connectivity index (χ4n) is 5.15. The SMILES string of the molecule is C[C@H](NC(=O)[C@H](Cc1ccc(O)cc1)NC(=O)CNC(=O)[C@H](CC(=O)O)NC(=O)OCC1c2ccccc2-c2ccccc21)C(=O)O. The van der Waals surface area contributed by atoms with Crippen LogP contribution in [0.2, 0.25) is 0 Å². The van der Waals surface area contributed by atoms with Gasteiger partial charge in [0.2, 0.25) is 17.7 Å². The van der Waals surface area contributed by atoms with Crippen LogP contribution in [-0.2, 0) is 35.1 Å². The minimum atomic E-state index is -1.59. The number of carboxylic acid groups (broad SMARTS) is 2. The third-order valence-electron chi connectivity index (χ3n) is 7.51. The average Bonchev–Trinajstić information content (AvgIpc) is 3.36. The van der Waals surface area contributed by atoms with Gasteiger partial charge in [0, 0.05) is 12.3 Å². The summed E-state index contributed by atoms with van der Waals surface area (Å²) in [5, 5.41) is 37.2. The highest BCUT2D eigenvalue weighted by molar-refractivity contribution is 5.94. The minimum absolute atomic E-state index is 0.0244. The first-order chi connectivity index (χ1) is 22.4. The maximum Gasteiger partial charge on any atom is 0.407 e. The quantitative estimate of drug-likeness (QED) is 0.134. The van der Waals surface area contributed by atoms with Gasteiger partial charge in [-0.05, 0) is 46.9 Å². The number of alkyl carbamates (subject to hydrolysis) is 1. The number of ether oxygens (including phenoxy) is 1. The summed E-state index contributed by atoms with van der Waals surface area (Å²) in [5.74, 6) is -5.64. The first kappa shape index (κ1) is 34.0. The summed E-state index contributed by atoms with van der Waals surface area (Å²) in [6.07, 6.45) is -1.92. The van der Waals surface area contributed by atoms with Crippen molar-refractivity contribution < 1.29 is 48.8 Å². The van der Waals surface area contributed by atoms with Gasteiger partial charge in [-0.2, -0.15) is 0 Å². The number of rotatable bonds is 14. The molecular weight excluding hydrogens is 612 g/mol. The Morgan fingerprint density at radius 3 is 1.94 bits per heavy atom. The van der Waals surface area contributed by atoms with Crippen LogP contribution < -0.4 is 21.3 Å². The number of carbonyl (C=O) groups is 6. The number of amides is 4. The Kier molecular flexibility index (Phi) is 11.1. The molecule has 0 bridgehead atoms. The summed E-state index contributed by atoms with van der Waals surface area (Å²) in [4.78, 5) is 73.8. The van der Waals surface area contributed by atoms with Crippen molar-refractivity contribution in [3.8, 4) is 16.9 Å². The summed E-state index contributed by atoms with van der Waals surface area (Å²) in [6, 6.07) is 17.0. The highest BCUT2D eigenvalue weighted by Crippen LogP contribution is 2.44. The molecule has 0 fully saturated rings. The number of phenolic OH excluding ortho intramolecular Hbond substituents is 1.